The maximum absolute atomic E-state index is 10.2. The maximum Gasteiger partial charge on any atom is 0.261 e. The smallest absolute Gasteiger partial charge is 0.261 e. The molecule has 1 aliphatic carbocycles. The molecular weight excluding hydrogens is 889 g/mol. The Morgan fingerprint density at radius 1 is 0.603 bits per heavy atom. The number of aliphatic hydroxyl groups is 4. The molecule has 4 aliphatic heterocycles. The highest BCUT2D eigenvalue weighted by molar-refractivity contribution is 7.00. The molecule has 10 atom stereocenters. The first-order valence-corrected chi connectivity index (χ1v) is 28.9. The maximum atomic E-state index is 10.2. The topological polar surface area (TPSA) is 136 Å². The Balaban J connectivity index is 0.000000184. The summed E-state index contributed by atoms with van der Waals surface area (Å²) in [6.45, 7) is 14.4. The Hall–Kier alpha value is -3.35. The molecule has 0 radical (unpaired) electrons. The molecule has 12 heteroatoms. The van der Waals surface area contributed by atoms with Crippen LogP contribution in [0.5, 0.6) is 0 Å². The zero-order valence-corrected chi connectivity index (χ0v) is 43.0. The van der Waals surface area contributed by atoms with Crippen LogP contribution in [0.1, 0.15) is 92.9 Å². The van der Waals surface area contributed by atoms with E-state index in [4.69, 9.17) is 27.8 Å². The van der Waals surface area contributed by atoms with Crippen molar-refractivity contribution in [3.05, 3.63) is 133 Å². The van der Waals surface area contributed by atoms with Gasteiger partial charge in [-0.25, -0.2) is 0 Å². The van der Waals surface area contributed by atoms with Crippen molar-refractivity contribution < 1.29 is 48.2 Å². The summed E-state index contributed by atoms with van der Waals surface area (Å²) in [7, 11) is -5.13. The van der Waals surface area contributed by atoms with Crippen LogP contribution in [0.2, 0.25) is 10.1 Å². The van der Waals surface area contributed by atoms with Gasteiger partial charge in [0.25, 0.3) is 16.6 Å². The number of aliphatic hydroxyl groups excluding tert-OH is 4. The monoisotopic (exact) mass is 964 g/mol. The third-order valence-electron chi connectivity index (χ3n) is 15.4. The van der Waals surface area contributed by atoms with Gasteiger partial charge in [-0.1, -0.05) is 175 Å². The van der Waals surface area contributed by atoms with Gasteiger partial charge < -0.3 is 48.2 Å². The fraction of sp³-hybridized carbons (Fsp3) is 0.536. The number of benzene rings is 4. The number of hydrogen-bond acceptors (Lipinski definition) is 10. The Bertz CT molecular complexity index is 2140. The van der Waals surface area contributed by atoms with Gasteiger partial charge in [0.05, 0.1) is 55.9 Å². The first-order valence-electron chi connectivity index (χ1n) is 25.0. The van der Waals surface area contributed by atoms with E-state index in [0.29, 0.717) is 26.1 Å². The van der Waals surface area contributed by atoms with Crippen molar-refractivity contribution >= 4 is 37.4 Å². The molecule has 4 saturated heterocycles. The fourth-order valence-corrected chi connectivity index (χ4v) is 21.1. The first-order chi connectivity index (χ1) is 32.6. The molecule has 4 aromatic rings. The Morgan fingerprint density at radius 2 is 1.04 bits per heavy atom. The van der Waals surface area contributed by atoms with E-state index < -0.39 is 40.5 Å². The van der Waals surface area contributed by atoms with Crippen LogP contribution in [0.3, 0.4) is 0 Å². The van der Waals surface area contributed by atoms with Gasteiger partial charge in [0.1, 0.15) is 17.3 Å². The first kappa shape index (κ1) is 51.0. The van der Waals surface area contributed by atoms with E-state index in [0.717, 1.165) is 38.5 Å². The number of fused-ring (bicyclic) bond motifs is 2. The molecule has 2 bridgehead atoms. The molecule has 10 nitrogen and oxygen atoms in total. The molecule has 4 N–H and O–H groups in total. The average molecular weight is 965 g/mol. The molecule has 1 unspecified atom stereocenters. The third-order valence-corrected chi connectivity index (χ3v) is 25.4. The Labute approximate surface area is 406 Å². The second-order valence-electron chi connectivity index (χ2n) is 21.7. The van der Waals surface area contributed by atoms with Crippen molar-refractivity contribution in [1.29, 1.82) is 0 Å². The highest BCUT2D eigenvalue weighted by atomic mass is 28.4. The molecule has 0 saturated carbocycles. The van der Waals surface area contributed by atoms with Crippen LogP contribution in [0.15, 0.2) is 133 Å². The second kappa shape index (κ2) is 21.2. The highest BCUT2D eigenvalue weighted by Crippen LogP contribution is 2.47. The predicted octanol–water partition coefficient (Wildman–Crippen LogP) is 6.33. The van der Waals surface area contributed by atoms with Crippen molar-refractivity contribution in [3.8, 4) is 0 Å². The van der Waals surface area contributed by atoms with E-state index in [1.807, 2.05) is 18.2 Å². The molecule has 5 aliphatic rings. The third kappa shape index (κ3) is 10.1. The van der Waals surface area contributed by atoms with Crippen LogP contribution in [0.25, 0.3) is 0 Å². The summed E-state index contributed by atoms with van der Waals surface area (Å²) < 4.78 is 39.2. The van der Waals surface area contributed by atoms with Gasteiger partial charge in [0.2, 0.25) is 0 Å². The number of hydrogen-bond donors (Lipinski definition) is 4. The van der Waals surface area contributed by atoms with Gasteiger partial charge in [-0.15, -0.1) is 0 Å². The van der Waals surface area contributed by atoms with E-state index in [-0.39, 0.29) is 59.4 Å². The van der Waals surface area contributed by atoms with Crippen LogP contribution in [-0.2, 0) is 27.8 Å². The standard InChI is InChI=1S/C28H40O6Si.C28H36O4Si/c1-27(2,3)35(22-10-6-4-7-11-22,23-12-8-5-9-13-23)32-17-16-21-14-15-26-28(20-30,34-21)18-25(33-26)24(31)19-29;1-27(2,3)33(22-10-6-4-7-11-22,23-12-8-5-9-13-23)30-19-17-21-14-15-26-28(32-21)18-16-24(29)25(20-28)31-26/h4-13,21,24-26,29-31H,14-20H2,1-3H3;4-13,16,18,21,24-26,29H,14-15,17,19-20H2,1-3H3/t21-,24-,25?,26+,28-;21-,24-,25-,26+,28+/m11/s1. The summed E-state index contributed by atoms with van der Waals surface area (Å²) in [5, 5.41) is 44.8. The van der Waals surface area contributed by atoms with Crippen LogP contribution in [0, 0.1) is 0 Å². The number of ether oxygens (including phenoxy) is 4. The van der Waals surface area contributed by atoms with Gasteiger partial charge >= 0.3 is 0 Å². The minimum atomic E-state index is -2.61. The summed E-state index contributed by atoms with van der Waals surface area (Å²) in [6, 6.07) is 42.8. The SMILES string of the molecule is CC(C)(C)[Si](OCC[C@H]1CC[C@@H]2OC([C@H](O)CO)C[C@]2(CO)O1)(c1ccccc1)c1ccccc1.CC(C)(C)[Si](OCC[C@H]1CC[C@@H]2O[C@@H]3C[C@]2(C=C[C@H]3O)O1)(c1ccccc1)c1ccccc1. The van der Waals surface area contributed by atoms with Gasteiger partial charge in [-0.2, -0.15) is 0 Å². The van der Waals surface area contributed by atoms with Crippen molar-refractivity contribution in [2.75, 3.05) is 26.4 Å². The van der Waals surface area contributed by atoms with E-state index in [1.165, 1.54) is 20.7 Å². The molecule has 9 rings (SSSR count). The Morgan fingerprint density at radius 3 is 1.47 bits per heavy atom. The molecule has 0 aromatic heterocycles. The lowest BCUT2D eigenvalue weighted by Crippen LogP contribution is -2.66. The van der Waals surface area contributed by atoms with Crippen LogP contribution >= 0.6 is 0 Å². The van der Waals surface area contributed by atoms with Gasteiger partial charge in [0.15, 0.2) is 0 Å². The van der Waals surface area contributed by atoms with Crippen molar-refractivity contribution in [1.82, 2.24) is 0 Å². The molecule has 1 spiro atoms. The summed E-state index contributed by atoms with van der Waals surface area (Å²) >= 11 is 0. The molecule has 4 aromatic carbocycles. The molecule has 0 amide bonds. The summed E-state index contributed by atoms with van der Waals surface area (Å²) in [6.07, 6.45) is 7.83. The fourth-order valence-electron chi connectivity index (χ4n) is 12.0. The van der Waals surface area contributed by atoms with Crippen LogP contribution in [0.4, 0.5) is 0 Å². The average Bonchev–Trinajstić information content (AvgIpc) is 3.89. The van der Waals surface area contributed by atoms with Crippen molar-refractivity contribution in [2.24, 2.45) is 0 Å². The minimum absolute atomic E-state index is 0.0261. The zero-order chi connectivity index (χ0) is 48.2. The Kier molecular flexibility index (Phi) is 15.9. The largest absolute Gasteiger partial charge is 0.407 e. The lowest BCUT2D eigenvalue weighted by molar-refractivity contribution is -0.186. The van der Waals surface area contributed by atoms with Crippen LogP contribution in [-0.4, -0.2) is 124 Å². The van der Waals surface area contributed by atoms with Gasteiger partial charge in [-0.05, 0) is 69.3 Å². The molecular formula is C56H76O10Si2. The second-order valence-corrected chi connectivity index (χ2v) is 30.4. The minimum Gasteiger partial charge on any atom is -0.407 e. The molecule has 368 valence electrons. The highest BCUT2D eigenvalue weighted by Gasteiger charge is 2.57. The lowest BCUT2D eigenvalue weighted by atomic mass is 9.82. The summed E-state index contributed by atoms with van der Waals surface area (Å²) in [5.74, 6) is 0. The van der Waals surface area contributed by atoms with E-state index in [1.54, 1.807) is 0 Å². The lowest BCUT2D eigenvalue weighted by Gasteiger charge is -2.44. The number of rotatable bonds is 15. The van der Waals surface area contributed by atoms with Gasteiger partial charge in [0, 0.05) is 26.1 Å². The van der Waals surface area contributed by atoms with Gasteiger partial charge in [-0.3, -0.25) is 0 Å². The molecule has 68 heavy (non-hydrogen) atoms. The predicted molar refractivity (Wildman–Crippen MR) is 272 cm³/mol. The normalized spacial score (nSPS) is 29.6. The van der Waals surface area contributed by atoms with E-state index >= 15 is 0 Å². The van der Waals surface area contributed by atoms with Crippen LogP contribution < -0.4 is 20.7 Å². The summed E-state index contributed by atoms with van der Waals surface area (Å²) in [5.41, 5.74) is -1.20. The molecule has 4 fully saturated rings. The van der Waals surface area contributed by atoms with E-state index in [2.05, 4.69) is 157 Å². The zero-order valence-electron chi connectivity index (χ0n) is 41.0. The quantitative estimate of drug-likeness (QED) is 0.0791. The van der Waals surface area contributed by atoms with E-state index in [9.17, 15) is 20.4 Å². The van der Waals surface area contributed by atoms with Crippen molar-refractivity contribution in [2.45, 2.75) is 163 Å². The molecule has 4 heterocycles. The van der Waals surface area contributed by atoms with Crippen molar-refractivity contribution in [3.63, 3.8) is 0 Å². The summed E-state index contributed by atoms with van der Waals surface area (Å²) in [4.78, 5) is 0.